The number of ether oxygens (including phenoxy) is 1. The third kappa shape index (κ3) is 2.85. The molecule has 17 heavy (non-hydrogen) atoms. The fraction of sp³-hybridized carbons (Fsp3) is 0.455. The zero-order valence-corrected chi connectivity index (χ0v) is 9.23. The van der Waals surface area contributed by atoms with Crippen LogP contribution in [0.25, 0.3) is 0 Å². The van der Waals surface area contributed by atoms with E-state index in [2.05, 4.69) is 10.3 Å². The van der Waals surface area contributed by atoms with E-state index >= 15 is 0 Å². The number of carbonyl (C=O) groups is 1. The Morgan fingerprint density at radius 2 is 2.47 bits per heavy atom. The number of nitrogens with one attached hydrogen (secondary N) is 2. The van der Waals surface area contributed by atoms with Gasteiger partial charge in [0.2, 0.25) is 0 Å². The van der Waals surface area contributed by atoms with Crippen molar-refractivity contribution in [2.75, 3.05) is 13.2 Å². The third-order valence-electron chi connectivity index (χ3n) is 2.66. The molecular weight excluding hydrogens is 224 g/mol. The minimum absolute atomic E-state index is 0.0452. The van der Waals surface area contributed by atoms with Gasteiger partial charge in [-0.2, -0.15) is 0 Å². The number of hydrogen-bond acceptors (Lipinski definition) is 4. The van der Waals surface area contributed by atoms with Crippen molar-refractivity contribution in [3.8, 4) is 5.75 Å². The molecule has 92 valence electrons. The minimum Gasteiger partial charge on any atom is -0.507 e. The summed E-state index contributed by atoms with van der Waals surface area (Å²) in [6.07, 6.45) is 3.18. The third-order valence-corrected chi connectivity index (χ3v) is 2.66. The van der Waals surface area contributed by atoms with Crippen LogP contribution in [0.1, 0.15) is 23.2 Å². The summed E-state index contributed by atoms with van der Waals surface area (Å²) in [7, 11) is 0. The molecule has 2 heterocycles. The molecule has 1 aliphatic heterocycles. The summed E-state index contributed by atoms with van der Waals surface area (Å²) in [5, 5.41) is 12.1. The van der Waals surface area contributed by atoms with Gasteiger partial charge < -0.3 is 20.1 Å². The van der Waals surface area contributed by atoms with Crippen LogP contribution in [0.2, 0.25) is 0 Å². The lowest BCUT2D eigenvalue weighted by atomic mass is 10.2. The van der Waals surface area contributed by atoms with Gasteiger partial charge in [0.05, 0.1) is 11.7 Å². The average molecular weight is 238 g/mol. The average Bonchev–Trinajstić information content (AvgIpc) is 2.78. The predicted octanol–water partition coefficient (Wildman–Crippen LogP) is -0.0107. The number of aromatic nitrogens is 1. The molecule has 1 aliphatic rings. The summed E-state index contributed by atoms with van der Waals surface area (Å²) in [4.78, 5) is 24.9. The molecule has 1 fully saturated rings. The van der Waals surface area contributed by atoms with Gasteiger partial charge in [0, 0.05) is 25.4 Å². The van der Waals surface area contributed by atoms with Gasteiger partial charge in [0.25, 0.3) is 11.5 Å². The maximum Gasteiger partial charge on any atom is 0.256 e. The quantitative estimate of drug-likeness (QED) is 0.690. The second-order valence-electron chi connectivity index (χ2n) is 3.94. The van der Waals surface area contributed by atoms with E-state index in [9.17, 15) is 14.7 Å². The van der Waals surface area contributed by atoms with Crippen LogP contribution in [0.5, 0.6) is 5.75 Å². The molecule has 3 N–H and O–H groups in total. The highest BCUT2D eigenvalue weighted by molar-refractivity contribution is 5.96. The molecule has 1 aromatic rings. The van der Waals surface area contributed by atoms with Gasteiger partial charge in [-0.25, -0.2) is 0 Å². The van der Waals surface area contributed by atoms with Gasteiger partial charge in [0.1, 0.15) is 5.75 Å². The highest BCUT2D eigenvalue weighted by atomic mass is 16.5. The van der Waals surface area contributed by atoms with Gasteiger partial charge >= 0.3 is 0 Å². The van der Waals surface area contributed by atoms with Crippen LogP contribution in [0.15, 0.2) is 17.1 Å². The summed E-state index contributed by atoms with van der Waals surface area (Å²) < 4.78 is 5.35. The van der Waals surface area contributed by atoms with Gasteiger partial charge in [-0.15, -0.1) is 0 Å². The first-order valence-corrected chi connectivity index (χ1v) is 5.48. The monoisotopic (exact) mass is 238 g/mol. The Bertz CT molecular complexity index is 463. The van der Waals surface area contributed by atoms with E-state index < -0.39 is 11.5 Å². The van der Waals surface area contributed by atoms with Crippen LogP contribution in [-0.4, -0.2) is 35.3 Å². The fourth-order valence-electron chi connectivity index (χ4n) is 1.75. The highest BCUT2D eigenvalue weighted by Gasteiger charge is 2.18. The molecule has 0 spiro atoms. The number of H-pyrrole nitrogens is 1. The standard InChI is InChI=1S/C11H14N2O4/c14-9-4-10(15)12-6-8(9)11(16)13-5-7-2-1-3-17-7/h4,6-7H,1-3,5H2,(H,13,16)(H2,12,14,15). The van der Waals surface area contributed by atoms with E-state index in [0.29, 0.717) is 6.54 Å². The second-order valence-corrected chi connectivity index (χ2v) is 3.94. The van der Waals surface area contributed by atoms with Gasteiger partial charge in [-0.3, -0.25) is 9.59 Å². The molecule has 2 rings (SSSR count). The Balaban J connectivity index is 1.96. The fourth-order valence-corrected chi connectivity index (χ4v) is 1.75. The molecule has 1 amide bonds. The maximum atomic E-state index is 11.7. The molecule has 0 bridgehead atoms. The molecule has 0 radical (unpaired) electrons. The van der Waals surface area contributed by atoms with Crippen LogP contribution in [0.4, 0.5) is 0 Å². The van der Waals surface area contributed by atoms with Crippen molar-refractivity contribution in [1.29, 1.82) is 0 Å². The first-order valence-electron chi connectivity index (χ1n) is 5.48. The van der Waals surface area contributed by atoms with Crippen LogP contribution >= 0.6 is 0 Å². The van der Waals surface area contributed by atoms with Gasteiger partial charge in [-0.1, -0.05) is 0 Å². The zero-order chi connectivity index (χ0) is 12.3. The van der Waals surface area contributed by atoms with E-state index in [1.807, 2.05) is 0 Å². The normalized spacial score (nSPS) is 19.2. The Kier molecular flexibility index (Phi) is 3.43. The Labute approximate surface area is 97.6 Å². The van der Waals surface area contributed by atoms with Crippen molar-refractivity contribution < 1.29 is 14.6 Å². The first-order chi connectivity index (χ1) is 8.16. The molecule has 0 aliphatic carbocycles. The summed E-state index contributed by atoms with van der Waals surface area (Å²) >= 11 is 0. The Morgan fingerprint density at radius 1 is 1.65 bits per heavy atom. The van der Waals surface area contributed by atoms with Crippen molar-refractivity contribution in [2.24, 2.45) is 0 Å². The first kappa shape index (κ1) is 11.7. The van der Waals surface area contributed by atoms with Crippen LogP contribution < -0.4 is 10.9 Å². The van der Waals surface area contributed by atoms with Gasteiger partial charge in [-0.05, 0) is 12.8 Å². The lowest BCUT2D eigenvalue weighted by Gasteiger charge is -2.11. The van der Waals surface area contributed by atoms with Crippen molar-refractivity contribution in [1.82, 2.24) is 10.3 Å². The number of carbonyl (C=O) groups excluding carboxylic acids is 1. The number of hydrogen-bond donors (Lipinski definition) is 3. The van der Waals surface area contributed by atoms with Crippen molar-refractivity contribution >= 4 is 5.91 Å². The van der Waals surface area contributed by atoms with E-state index in [1.54, 1.807) is 0 Å². The second kappa shape index (κ2) is 5.01. The summed E-state index contributed by atoms with van der Waals surface area (Å²) in [6.45, 7) is 1.14. The number of aromatic amines is 1. The molecule has 0 saturated carbocycles. The van der Waals surface area contributed by atoms with Crippen molar-refractivity contribution in [2.45, 2.75) is 18.9 Å². The molecular formula is C11H14N2O4. The molecule has 1 aromatic heterocycles. The largest absolute Gasteiger partial charge is 0.507 e. The lowest BCUT2D eigenvalue weighted by molar-refractivity contribution is 0.0855. The van der Waals surface area contributed by atoms with Gasteiger partial charge in [0.15, 0.2) is 0 Å². The predicted molar refractivity (Wildman–Crippen MR) is 60.0 cm³/mol. The SMILES string of the molecule is O=C(NCC1CCCO1)c1c[nH]c(=O)cc1O. The number of pyridine rings is 1. The summed E-state index contributed by atoms with van der Waals surface area (Å²) in [5.41, 5.74) is -0.388. The molecule has 1 unspecified atom stereocenters. The molecule has 6 heteroatoms. The highest BCUT2D eigenvalue weighted by Crippen LogP contribution is 2.13. The van der Waals surface area contributed by atoms with Crippen LogP contribution in [-0.2, 0) is 4.74 Å². The number of amides is 1. The lowest BCUT2D eigenvalue weighted by Crippen LogP contribution is -2.32. The Hall–Kier alpha value is -1.82. The van der Waals surface area contributed by atoms with Crippen molar-refractivity contribution in [3.63, 3.8) is 0 Å². The topological polar surface area (TPSA) is 91.4 Å². The number of rotatable bonds is 3. The van der Waals surface area contributed by atoms with E-state index in [1.165, 1.54) is 6.20 Å². The van der Waals surface area contributed by atoms with E-state index in [4.69, 9.17) is 4.74 Å². The Morgan fingerprint density at radius 3 is 3.12 bits per heavy atom. The summed E-state index contributed by atoms with van der Waals surface area (Å²) in [5.74, 6) is -0.743. The zero-order valence-electron chi connectivity index (χ0n) is 9.23. The molecule has 1 saturated heterocycles. The molecule has 6 nitrogen and oxygen atoms in total. The smallest absolute Gasteiger partial charge is 0.256 e. The van der Waals surface area contributed by atoms with E-state index in [-0.39, 0.29) is 17.4 Å². The van der Waals surface area contributed by atoms with Crippen molar-refractivity contribution in [3.05, 3.63) is 28.2 Å². The maximum absolute atomic E-state index is 11.7. The summed E-state index contributed by atoms with van der Waals surface area (Å²) in [6, 6.07) is 0.973. The van der Waals surface area contributed by atoms with Crippen LogP contribution in [0.3, 0.4) is 0 Å². The number of aromatic hydroxyl groups is 1. The van der Waals surface area contributed by atoms with Crippen LogP contribution in [0, 0.1) is 0 Å². The molecule has 0 aromatic carbocycles. The van der Waals surface area contributed by atoms with E-state index in [0.717, 1.165) is 25.5 Å². The minimum atomic E-state index is -0.446. The molecule has 1 atom stereocenters.